The molecule has 0 saturated carbocycles. The molecule has 0 aromatic heterocycles. The molecule has 1 atom stereocenters. The summed E-state index contributed by atoms with van der Waals surface area (Å²) >= 11 is 0. The molecule has 0 saturated heterocycles. The van der Waals surface area contributed by atoms with E-state index in [1.807, 2.05) is 6.92 Å². The summed E-state index contributed by atoms with van der Waals surface area (Å²) in [7, 11) is 0. The van der Waals surface area contributed by atoms with Gasteiger partial charge in [-0.3, -0.25) is 4.90 Å². The van der Waals surface area contributed by atoms with Crippen LogP contribution in [0.5, 0.6) is 0 Å². The van der Waals surface area contributed by atoms with Gasteiger partial charge in [0.15, 0.2) is 0 Å². The first-order valence-electron chi connectivity index (χ1n) is 6.02. The zero-order chi connectivity index (χ0) is 12.6. The number of nitrogens with two attached hydrogens (primary N) is 1. The second-order valence-electron chi connectivity index (χ2n) is 4.22. The second kappa shape index (κ2) is 8.36. The van der Waals surface area contributed by atoms with Crippen molar-refractivity contribution in [2.75, 3.05) is 26.2 Å². The Kier molecular flexibility index (Phi) is 7.95. The van der Waals surface area contributed by atoms with Crippen molar-refractivity contribution in [1.29, 1.82) is 0 Å². The highest BCUT2D eigenvalue weighted by molar-refractivity contribution is 5.05. The van der Waals surface area contributed by atoms with Gasteiger partial charge in [-0.05, 0) is 32.9 Å². The normalized spacial score (nSPS) is 14.0. The standard InChI is InChI=1S/C13H27N3/c1-6-12(4)15-9-11(3)10-16(7-2)13(5)8-14/h6,13,15H,3,7-10,14H2,1-2,4-5H3/b12-6-. The molecular weight excluding hydrogens is 198 g/mol. The molecule has 0 amide bonds. The van der Waals surface area contributed by atoms with Gasteiger partial charge < -0.3 is 11.1 Å². The van der Waals surface area contributed by atoms with E-state index in [9.17, 15) is 0 Å². The lowest BCUT2D eigenvalue weighted by atomic mass is 10.2. The van der Waals surface area contributed by atoms with Gasteiger partial charge in [0.25, 0.3) is 0 Å². The van der Waals surface area contributed by atoms with Crippen molar-refractivity contribution in [2.24, 2.45) is 5.73 Å². The Balaban J connectivity index is 4.01. The quantitative estimate of drug-likeness (QED) is 0.618. The predicted molar refractivity (Wildman–Crippen MR) is 72.3 cm³/mol. The molecule has 0 spiro atoms. The van der Waals surface area contributed by atoms with Crippen LogP contribution in [-0.4, -0.2) is 37.1 Å². The molecule has 0 bridgehead atoms. The van der Waals surface area contributed by atoms with Gasteiger partial charge in [-0.25, -0.2) is 0 Å². The van der Waals surface area contributed by atoms with Crippen LogP contribution in [0.15, 0.2) is 23.9 Å². The molecule has 0 radical (unpaired) electrons. The van der Waals surface area contributed by atoms with Crippen LogP contribution in [0.25, 0.3) is 0 Å². The van der Waals surface area contributed by atoms with E-state index < -0.39 is 0 Å². The lowest BCUT2D eigenvalue weighted by Crippen LogP contribution is -2.40. The van der Waals surface area contributed by atoms with Crippen LogP contribution >= 0.6 is 0 Å². The first-order valence-corrected chi connectivity index (χ1v) is 6.02. The Morgan fingerprint density at radius 3 is 2.62 bits per heavy atom. The highest BCUT2D eigenvalue weighted by Crippen LogP contribution is 2.02. The molecule has 3 heteroatoms. The number of nitrogens with one attached hydrogen (secondary N) is 1. The van der Waals surface area contributed by atoms with Gasteiger partial charge in [-0.1, -0.05) is 19.6 Å². The highest BCUT2D eigenvalue weighted by atomic mass is 15.2. The second-order valence-corrected chi connectivity index (χ2v) is 4.22. The molecule has 0 aromatic carbocycles. The highest BCUT2D eigenvalue weighted by Gasteiger charge is 2.10. The molecule has 0 aliphatic heterocycles. The van der Waals surface area contributed by atoms with Crippen LogP contribution in [0.4, 0.5) is 0 Å². The lowest BCUT2D eigenvalue weighted by Gasteiger charge is -2.27. The zero-order valence-corrected chi connectivity index (χ0v) is 11.2. The fraction of sp³-hybridized carbons (Fsp3) is 0.692. The summed E-state index contributed by atoms with van der Waals surface area (Å²) in [4.78, 5) is 2.34. The fourth-order valence-electron chi connectivity index (χ4n) is 1.44. The van der Waals surface area contributed by atoms with Crippen LogP contribution in [0.2, 0.25) is 0 Å². The van der Waals surface area contributed by atoms with E-state index in [2.05, 4.69) is 43.6 Å². The maximum absolute atomic E-state index is 5.67. The lowest BCUT2D eigenvalue weighted by molar-refractivity contribution is 0.242. The van der Waals surface area contributed by atoms with Crippen LogP contribution in [-0.2, 0) is 0 Å². The topological polar surface area (TPSA) is 41.3 Å². The number of hydrogen-bond acceptors (Lipinski definition) is 3. The summed E-state index contributed by atoms with van der Waals surface area (Å²) in [6.07, 6.45) is 2.06. The summed E-state index contributed by atoms with van der Waals surface area (Å²) in [5.41, 5.74) is 8.06. The smallest absolute Gasteiger partial charge is 0.0366 e. The molecule has 0 aliphatic rings. The number of hydrogen-bond donors (Lipinski definition) is 2. The van der Waals surface area contributed by atoms with Crippen LogP contribution in [0.1, 0.15) is 27.7 Å². The third kappa shape index (κ3) is 5.93. The summed E-state index contributed by atoms with van der Waals surface area (Å²) in [6, 6.07) is 0.421. The minimum atomic E-state index is 0.421. The average molecular weight is 225 g/mol. The molecule has 0 heterocycles. The number of likely N-dealkylation sites (N-methyl/N-ethyl adjacent to an activating group) is 1. The zero-order valence-electron chi connectivity index (χ0n) is 11.2. The molecule has 3 N–H and O–H groups in total. The van der Waals surface area contributed by atoms with Crippen molar-refractivity contribution in [3.63, 3.8) is 0 Å². The SMILES string of the molecule is C=C(CN/C(C)=C\C)CN(CC)C(C)CN. The van der Waals surface area contributed by atoms with Crippen molar-refractivity contribution < 1.29 is 0 Å². The van der Waals surface area contributed by atoms with E-state index in [0.717, 1.165) is 19.6 Å². The summed E-state index contributed by atoms with van der Waals surface area (Å²) in [5, 5.41) is 3.32. The third-order valence-electron chi connectivity index (χ3n) is 2.85. The molecule has 3 nitrogen and oxygen atoms in total. The minimum absolute atomic E-state index is 0.421. The molecule has 94 valence electrons. The van der Waals surface area contributed by atoms with E-state index in [1.54, 1.807) is 0 Å². The predicted octanol–water partition coefficient (Wildman–Crippen LogP) is 1.73. The van der Waals surface area contributed by atoms with E-state index in [0.29, 0.717) is 12.6 Å². The molecule has 0 aromatic rings. The number of nitrogens with zero attached hydrogens (tertiary/aromatic N) is 1. The van der Waals surface area contributed by atoms with Crippen molar-refractivity contribution in [3.8, 4) is 0 Å². The maximum atomic E-state index is 5.67. The Labute approximate surface area is 100 Å². The van der Waals surface area contributed by atoms with E-state index in [-0.39, 0.29) is 0 Å². The number of allylic oxidation sites excluding steroid dienone is 2. The molecule has 0 aliphatic carbocycles. The van der Waals surface area contributed by atoms with Gasteiger partial charge in [-0.2, -0.15) is 0 Å². The van der Waals surface area contributed by atoms with Gasteiger partial charge in [-0.15, -0.1) is 0 Å². The van der Waals surface area contributed by atoms with Crippen LogP contribution < -0.4 is 11.1 Å². The maximum Gasteiger partial charge on any atom is 0.0366 e. The summed E-state index contributed by atoms with van der Waals surface area (Å²) < 4.78 is 0. The van der Waals surface area contributed by atoms with Gasteiger partial charge in [0.05, 0.1) is 0 Å². The van der Waals surface area contributed by atoms with Gasteiger partial charge in [0, 0.05) is 31.4 Å². The van der Waals surface area contributed by atoms with Crippen LogP contribution in [0.3, 0.4) is 0 Å². The van der Waals surface area contributed by atoms with Gasteiger partial charge >= 0.3 is 0 Å². The Morgan fingerprint density at radius 1 is 1.56 bits per heavy atom. The first kappa shape index (κ1) is 15.2. The van der Waals surface area contributed by atoms with Crippen molar-refractivity contribution in [2.45, 2.75) is 33.7 Å². The molecule has 1 unspecified atom stereocenters. The van der Waals surface area contributed by atoms with E-state index in [4.69, 9.17) is 5.73 Å². The molecule has 16 heavy (non-hydrogen) atoms. The van der Waals surface area contributed by atoms with E-state index in [1.165, 1.54) is 11.3 Å². The van der Waals surface area contributed by atoms with Crippen LogP contribution in [0, 0.1) is 0 Å². The van der Waals surface area contributed by atoms with Crippen molar-refractivity contribution in [3.05, 3.63) is 23.9 Å². The van der Waals surface area contributed by atoms with Gasteiger partial charge in [0.2, 0.25) is 0 Å². The van der Waals surface area contributed by atoms with Gasteiger partial charge in [0.1, 0.15) is 0 Å². The van der Waals surface area contributed by atoms with Crippen molar-refractivity contribution >= 4 is 0 Å². The minimum Gasteiger partial charge on any atom is -0.385 e. The monoisotopic (exact) mass is 225 g/mol. The Bertz CT molecular complexity index is 233. The Morgan fingerprint density at radius 2 is 2.19 bits per heavy atom. The summed E-state index contributed by atoms with van der Waals surface area (Å²) in [5.74, 6) is 0. The summed E-state index contributed by atoms with van der Waals surface area (Å²) in [6.45, 7) is 16.0. The molecule has 0 fully saturated rings. The molecule has 0 rings (SSSR count). The fourth-order valence-corrected chi connectivity index (χ4v) is 1.44. The Hall–Kier alpha value is -0.800. The van der Waals surface area contributed by atoms with E-state index >= 15 is 0 Å². The average Bonchev–Trinajstić information content (AvgIpc) is 2.31. The number of rotatable bonds is 8. The van der Waals surface area contributed by atoms with Crippen molar-refractivity contribution in [1.82, 2.24) is 10.2 Å². The first-order chi connectivity index (χ1) is 7.54. The third-order valence-corrected chi connectivity index (χ3v) is 2.85. The largest absolute Gasteiger partial charge is 0.385 e. The molecular formula is C13H27N3.